The molecule has 1 amide bonds. The van der Waals surface area contributed by atoms with Crippen molar-refractivity contribution in [3.05, 3.63) is 29.8 Å². The SMILES string of the molecule is C=CC(=O)NCc1c(CC(=O)O)cc(O)c(O)c1O. The van der Waals surface area contributed by atoms with Crippen LogP contribution in [0.3, 0.4) is 0 Å². The molecule has 7 nitrogen and oxygen atoms in total. The predicted molar refractivity (Wildman–Crippen MR) is 64.8 cm³/mol. The summed E-state index contributed by atoms with van der Waals surface area (Å²) in [4.78, 5) is 21.7. The van der Waals surface area contributed by atoms with Crippen molar-refractivity contribution in [3.63, 3.8) is 0 Å². The van der Waals surface area contributed by atoms with Gasteiger partial charge in [0, 0.05) is 12.1 Å². The molecule has 0 spiro atoms. The lowest BCUT2D eigenvalue weighted by molar-refractivity contribution is -0.136. The second kappa shape index (κ2) is 5.76. The lowest BCUT2D eigenvalue weighted by atomic mass is 10.0. The Morgan fingerprint density at radius 2 is 1.89 bits per heavy atom. The Bertz CT molecular complexity index is 538. The fourth-order valence-electron chi connectivity index (χ4n) is 1.50. The summed E-state index contributed by atoms with van der Waals surface area (Å²) in [7, 11) is 0. The summed E-state index contributed by atoms with van der Waals surface area (Å²) >= 11 is 0. The second-order valence-corrected chi connectivity index (χ2v) is 3.72. The number of carboxylic acids is 1. The van der Waals surface area contributed by atoms with E-state index in [4.69, 9.17) is 5.11 Å². The van der Waals surface area contributed by atoms with Crippen molar-refractivity contribution in [2.24, 2.45) is 0 Å². The Labute approximate surface area is 108 Å². The van der Waals surface area contributed by atoms with E-state index in [0.29, 0.717) is 0 Å². The van der Waals surface area contributed by atoms with Gasteiger partial charge in [-0.15, -0.1) is 0 Å². The van der Waals surface area contributed by atoms with Crippen LogP contribution < -0.4 is 5.32 Å². The van der Waals surface area contributed by atoms with E-state index in [0.717, 1.165) is 12.1 Å². The lowest BCUT2D eigenvalue weighted by Gasteiger charge is -2.13. The topological polar surface area (TPSA) is 127 Å². The van der Waals surface area contributed by atoms with E-state index in [-0.39, 0.29) is 17.7 Å². The Morgan fingerprint density at radius 1 is 1.26 bits per heavy atom. The van der Waals surface area contributed by atoms with Gasteiger partial charge in [-0.1, -0.05) is 6.58 Å². The number of aromatic hydroxyl groups is 3. The summed E-state index contributed by atoms with van der Waals surface area (Å²) in [6.07, 6.45) is 0.537. The number of aliphatic carboxylic acids is 1. The number of nitrogens with one attached hydrogen (secondary N) is 1. The highest BCUT2D eigenvalue weighted by atomic mass is 16.4. The van der Waals surface area contributed by atoms with Crippen LogP contribution >= 0.6 is 0 Å². The van der Waals surface area contributed by atoms with E-state index < -0.39 is 35.5 Å². The zero-order valence-electron chi connectivity index (χ0n) is 9.88. The van der Waals surface area contributed by atoms with E-state index >= 15 is 0 Å². The first kappa shape index (κ1) is 14.4. The Morgan fingerprint density at radius 3 is 2.42 bits per heavy atom. The minimum atomic E-state index is -1.18. The van der Waals surface area contributed by atoms with Crippen LogP contribution in [0, 0.1) is 0 Å². The van der Waals surface area contributed by atoms with Crippen molar-refractivity contribution < 1.29 is 30.0 Å². The molecule has 0 radical (unpaired) electrons. The number of phenolic OH excluding ortho intramolecular Hbond substituents is 3. The molecular formula is C12H13NO6. The molecule has 0 saturated heterocycles. The van der Waals surface area contributed by atoms with Gasteiger partial charge in [0.2, 0.25) is 11.7 Å². The fraction of sp³-hybridized carbons (Fsp3) is 0.167. The van der Waals surface area contributed by atoms with Crippen LogP contribution in [0.25, 0.3) is 0 Å². The predicted octanol–water partition coefficient (Wildman–Crippen LogP) is 0.233. The molecule has 0 saturated carbocycles. The molecule has 0 aliphatic rings. The maximum absolute atomic E-state index is 11.0. The van der Waals surface area contributed by atoms with E-state index in [1.807, 2.05) is 0 Å². The molecule has 5 N–H and O–H groups in total. The smallest absolute Gasteiger partial charge is 0.307 e. The summed E-state index contributed by atoms with van der Waals surface area (Å²) in [5.41, 5.74) is 0.109. The van der Waals surface area contributed by atoms with Gasteiger partial charge in [0.25, 0.3) is 0 Å². The van der Waals surface area contributed by atoms with E-state index in [2.05, 4.69) is 11.9 Å². The number of benzene rings is 1. The van der Waals surface area contributed by atoms with E-state index in [9.17, 15) is 24.9 Å². The van der Waals surface area contributed by atoms with Crippen molar-refractivity contribution in [1.29, 1.82) is 0 Å². The van der Waals surface area contributed by atoms with Gasteiger partial charge in [0.15, 0.2) is 11.5 Å². The number of hydrogen-bond donors (Lipinski definition) is 5. The van der Waals surface area contributed by atoms with Gasteiger partial charge in [-0.2, -0.15) is 0 Å². The molecule has 102 valence electrons. The monoisotopic (exact) mass is 267 g/mol. The van der Waals surface area contributed by atoms with Gasteiger partial charge in [0.1, 0.15) is 0 Å². The van der Waals surface area contributed by atoms with Crippen molar-refractivity contribution in [1.82, 2.24) is 5.32 Å². The quantitative estimate of drug-likeness (QED) is 0.384. The third-order valence-corrected chi connectivity index (χ3v) is 2.42. The summed E-state index contributed by atoms with van der Waals surface area (Å²) in [5.74, 6) is -3.76. The molecule has 0 heterocycles. The number of amides is 1. The van der Waals surface area contributed by atoms with Gasteiger partial charge < -0.3 is 25.7 Å². The molecule has 0 unspecified atom stereocenters. The zero-order valence-corrected chi connectivity index (χ0v) is 9.88. The average molecular weight is 267 g/mol. The molecule has 0 aliphatic carbocycles. The molecule has 0 fully saturated rings. The van der Waals surface area contributed by atoms with Crippen LogP contribution in [0.5, 0.6) is 17.2 Å². The van der Waals surface area contributed by atoms with Crippen LogP contribution in [0.4, 0.5) is 0 Å². The fourth-order valence-corrected chi connectivity index (χ4v) is 1.50. The normalized spacial score (nSPS) is 9.89. The standard InChI is InChI=1S/C12H13NO6/c1-2-9(15)13-5-7-6(4-10(16)17)3-8(14)12(19)11(7)18/h2-3,14,18-19H,1,4-5H2,(H,13,15)(H,16,17). The minimum Gasteiger partial charge on any atom is -0.504 e. The number of rotatable bonds is 5. The number of carboxylic acid groups (broad SMARTS) is 1. The van der Waals surface area contributed by atoms with Crippen molar-refractivity contribution in [2.45, 2.75) is 13.0 Å². The van der Waals surface area contributed by atoms with Crippen molar-refractivity contribution in [2.75, 3.05) is 0 Å². The van der Waals surface area contributed by atoms with Crippen LogP contribution in [-0.4, -0.2) is 32.3 Å². The lowest BCUT2D eigenvalue weighted by Crippen LogP contribution is -2.21. The molecule has 1 aromatic rings. The molecule has 19 heavy (non-hydrogen) atoms. The van der Waals surface area contributed by atoms with E-state index in [1.54, 1.807) is 0 Å². The van der Waals surface area contributed by atoms with E-state index in [1.165, 1.54) is 0 Å². The highest BCUT2D eigenvalue weighted by Gasteiger charge is 2.18. The molecular weight excluding hydrogens is 254 g/mol. The van der Waals surface area contributed by atoms with Gasteiger partial charge in [-0.05, 0) is 17.7 Å². The first-order chi connectivity index (χ1) is 8.86. The van der Waals surface area contributed by atoms with Crippen molar-refractivity contribution in [3.8, 4) is 17.2 Å². The third kappa shape index (κ3) is 3.38. The number of carbonyl (C=O) groups excluding carboxylic acids is 1. The van der Waals surface area contributed by atoms with Crippen LogP contribution in [0.15, 0.2) is 18.7 Å². The Kier molecular flexibility index (Phi) is 4.36. The molecule has 0 bridgehead atoms. The number of carbonyl (C=O) groups is 2. The molecule has 0 aliphatic heterocycles. The minimum absolute atomic E-state index is 0.0212. The number of hydrogen-bond acceptors (Lipinski definition) is 5. The maximum atomic E-state index is 11.0. The molecule has 0 atom stereocenters. The van der Waals surface area contributed by atoms with Gasteiger partial charge in [-0.25, -0.2) is 0 Å². The van der Waals surface area contributed by atoms with Gasteiger partial charge >= 0.3 is 5.97 Å². The summed E-state index contributed by atoms with van der Waals surface area (Å²) in [6.45, 7) is 3.04. The summed E-state index contributed by atoms with van der Waals surface area (Å²) in [6, 6.07) is 1.03. The molecule has 1 rings (SSSR count). The highest BCUT2D eigenvalue weighted by Crippen LogP contribution is 2.39. The number of phenols is 3. The molecule has 0 aromatic heterocycles. The third-order valence-electron chi connectivity index (χ3n) is 2.42. The summed E-state index contributed by atoms with van der Waals surface area (Å²) in [5, 5.41) is 39.5. The second-order valence-electron chi connectivity index (χ2n) is 3.72. The molecule has 1 aromatic carbocycles. The van der Waals surface area contributed by atoms with Crippen LogP contribution in [0.2, 0.25) is 0 Å². The van der Waals surface area contributed by atoms with Crippen molar-refractivity contribution >= 4 is 11.9 Å². The zero-order chi connectivity index (χ0) is 14.6. The Hall–Kier alpha value is -2.70. The Balaban J connectivity index is 3.17. The van der Waals surface area contributed by atoms with Crippen LogP contribution in [0.1, 0.15) is 11.1 Å². The highest BCUT2D eigenvalue weighted by molar-refractivity contribution is 5.87. The summed E-state index contributed by atoms with van der Waals surface area (Å²) < 4.78 is 0. The first-order valence-corrected chi connectivity index (χ1v) is 5.24. The average Bonchev–Trinajstić information content (AvgIpc) is 2.34. The van der Waals surface area contributed by atoms with Gasteiger partial charge in [0.05, 0.1) is 6.42 Å². The maximum Gasteiger partial charge on any atom is 0.307 e. The molecule has 7 heteroatoms. The first-order valence-electron chi connectivity index (χ1n) is 5.24. The van der Waals surface area contributed by atoms with Crippen LogP contribution in [-0.2, 0) is 22.6 Å². The largest absolute Gasteiger partial charge is 0.504 e. The van der Waals surface area contributed by atoms with Gasteiger partial charge in [-0.3, -0.25) is 9.59 Å².